The van der Waals surface area contributed by atoms with E-state index in [4.69, 9.17) is 0 Å². The molecule has 0 radical (unpaired) electrons. The van der Waals surface area contributed by atoms with Crippen molar-refractivity contribution in [1.29, 1.82) is 0 Å². The second-order valence-electron chi connectivity index (χ2n) is 6.15. The molecule has 0 fully saturated rings. The van der Waals surface area contributed by atoms with Crippen molar-refractivity contribution in [2.24, 2.45) is 0 Å². The summed E-state index contributed by atoms with van der Waals surface area (Å²) in [5, 5.41) is 0. The minimum absolute atomic E-state index is 1.00. The van der Waals surface area contributed by atoms with Crippen LogP contribution in [-0.4, -0.2) is 0 Å². The fraction of sp³-hybridized carbons (Fsp3) is 0.182. The van der Waals surface area contributed by atoms with Crippen LogP contribution in [0.4, 0.5) is 0 Å². The Hall–Kier alpha value is -2.34. The van der Waals surface area contributed by atoms with Gasteiger partial charge in [0.05, 0.1) is 0 Å². The molecule has 0 aliphatic heterocycles. The first-order valence-electron chi connectivity index (χ1n) is 7.88. The summed E-state index contributed by atoms with van der Waals surface area (Å²) >= 11 is 0. The number of benzene rings is 3. The standard InChI is InChI=1S/C22H22/c1-17-6-3-8-19(12-17)14-21-10-5-11-22(16-21)15-20-9-4-7-18(2)13-20/h3-13,16H,14-15H2,1-2H3. The molecule has 0 amide bonds. The van der Waals surface area contributed by atoms with Crippen LogP contribution in [0, 0.1) is 13.8 Å². The largest absolute Gasteiger partial charge is 0.0617 e. The Morgan fingerprint density at radius 3 is 1.27 bits per heavy atom. The van der Waals surface area contributed by atoms with Gasteiger partial charge in [0.25, 0.3) is 0 Å². The predicted molar refractivity (Wildman–Crippen MR) is 94.4 cm³/mol. The molecule has 0 aromatic heterocycles. The Kier molecular flexibility index (Phi) is 4.39. The lowest BCUT2D eigenvalue weighted by molar-refractivity contribution is 1.13. The van der Waals surface area contributed by atoms with Gasteiger partial charge >= 0.3 is 0 Å². The maximum Gasteiger partial charge on any atom is -0.00256 e. The van der Waals surface area contributed by atoms with Crippen LogP contribution in [0.3, 0.4) is 0 Å². The highest BCUT2D eigenvalue weighted by molar-refractivity contribution is 5.34. The van der Waals surface area contributed by atoms with E-state index >= 15 is 0 Å². The normalized spacial score (nSPS) is 10.6. The van der Waals surface area contributed by atoms with Gasteiger partial charge in [0, 0.05) is 0 Å². The van der Waals surface area contributed by atoms with Crippen LogP contribution in [0.1, 0.15) is 33.4 Å². The first-order valence-corrected chi connectivity index (χ1v) is 7.88. The van der Waals surface area contributed by atoms with Crippen LogP contribution in [0.5, 0.6) is 0 Å². The van der Waals surface area contributed by atoms with Gasteiger partial charge in [-0.05, 0) is 48.9 Å². The van der Waals surface area contributed by atoms with Crippen LogP contribution < -0.4 is 0 Å². The molecule has 3 aromatic rings. The van der Waals surface area contributed by atoms with Gasteiger partial charge in [-0.2, -0.15) is 0 Å². The summed E-state index contributed by atoms with van der Waals surface area (Å²) in [7, 11) is 0. The summed E-state index contributed by atoms with van der Waals surface area (Å²) in [4.78, 5) is 0. The van der Waals surface area contributed by atoms with E-state index in [1.54, 1.807) is 0 Å². The molecule has 0 aliphatic carbocycles. The molecule has 0 saturated carbocycles. The summed E-state index contributed by atoms with van der Waals surface area (Å²) in [5.74, 6) is 0. The molecule has 0 bridgehead atoms. The minimum Gasteiger partial charge on any atom is -0.0617 e. The molecule has 0 heterocycles. The van der Waals surface area contributed by atoms with E-state index in [1.165, 1.54) is 33.4 Å². The monoisotopic (exact) mass is 286 g/mol. The summed E-state index contributed by atoms with van der Waals surface area (Å²) in [6.45, 7) is 4.30. The predicted octanol–water partition coefficient (Wildman–Crippen LogP) is 5.49. The lowest BCUT2D eigenvalue weighted by Crippen LogP contribution is -1.93. The quantitative estimate of drug-likeness (QED) is 0.595. The van der Waals surface area contributed by atoms with Gasteiger partial charge in [0.1, 0.15) is 0 Å². The molecule has 22 heavy (non-hydrogen) atoms. The molecule has 0 spiro atoms. The Labute approximate surface area is 133 Å². The molecule has 3 rings (SSSR count). The zero-order valence-electron chi connectivity index (χ0n) is 13.3. The summed E-state index contributed by atoms with van der Waals surface area (Å²) in [6, 6.07) is 26.5. The topological polar surface area (TPSA) is 0 Å². The third kappa shape index (κ3) is 3.85. The van der Waals surface area contributed by atoms with Crippen LogP contribution in [0.2, 0.25) is 0 Å². The van der Waals surface area contributed by atoms with Crippen LogP contribution in [0.15, 0.2) is 72.8 Å². The highest BCUT2D eigenvalue weighted by Gasteiger charge is 2.01. The van der Waals surface area contributed by atoms with Crippen molar-refractivity contribution in [3.8, 4) is 0 Å². The van der Waals surface area contributed by atoms with Crippen molar-refractivity contribution in [2.75, 3.05) is 0 Å². The first kappa shape index (κ1) is 14.6. The molecule has 110 valence electrons. The highest BCUT2D eigenvalue weighted by atomic mass is 14.1. The van der Waals surface area contributed by atoms with Gasteiger partial charge in [-0.1, -0.05) is 83.9 Å². The molecular formula is C22H22. The summed E-state index contributed by atoms with van der Waals surface area (Å²) in [6.07, 6.45) is 2.01. The zero-order valence-corrected chi connectivity index (χ0v) is 13.3. The molecule has 0 aliphatic rings. The third-order valence-corrected chi connectivity index (χ3v) is 3.97. The lowest BCUT2D eigenvalue weighted by Gasteiger charge is -2.07. The highest BCUT2D eigenvalue weighted by Crippen LogP contribution is 2.16. The van der Waals surface area contributed by atoms with E-state index in [1.807, 2.05) is 0 Å². The fourth-order valence-corrected chi connectivity index (χ4v) is 2.97. The second kappa shape index (κ2) is 6.62. The van der Waals surface area contributed by atoms with E-state index in [0.717, 1.165) is 12.8 Å². The molecule has 0 heteroatoms. The van der Waals surface area contributed by atoms with Crippen molar-refractivity contribution in [3.63, 3.8) is 0 Å². The molecular weight excluding hydrogens is 264 g/mol. The average Bonchev–Trinajstić information content (AvgIpc) is 2.47. The number of hydrogen-bond donors (Lipinski definition) is 0. The molecule has 0 N–H and O–H groups in total. The van der Waals surface area contributed by atoms with Gasteiger partial charge in [0.2, 0.25) is 0 Å². The first-order chi connectivity index (χ1) is 10.7. The summed E-state index contributed by atoms with van der Waals surface area (Å²) < 4.78 is 0. The Bertz CT molecular complexity index is 706. The Balaban J connectivity index is 1.78. The number of rotatable bonds is 4. The van der Waals surface area contributed by atoms with E-state index in [0.29, 0.717) is 0 Å². The zero-order chi connectivity index (χ0) is 15.4. The molecule has 0 saturated heterocycles. The molecule has 0 nitrogen and oxygen atoms in total. The van der Waals surface area contributed by atoms with E-state index < -0.39 is 0 Å². The minimum atomic E-state index is 1.00. The maximum atomic E-state index is 2.34. The van der Waals surface area contributed by atoms with Crippen molar-refractivity contribution >= 4 is 0 Å². The molecule has 3 aromatic carbocycles. The lowest BCUT2D eigenvalue weighted by atomic mass is 9.98. The molecule has 0 atom stereocenters. The number of aryl methyl sites for hydroxylation is 2. The summed E-state index contributed by atoms with van der Waals surface area (Å²) in [5.41, 5.74) is 8.19. The van der Waals surface area contributed by atoms with E-state index in [9.17, 15) is 0 Å². The number of hydrogen-bond acceptors (Lipinski definition) is 0. The van der Waals surface area contributed by atoms with Gasteiger partial charge in [-0.3, -0.25) is 0 Å². The average molecular weight is 286 g/mol. The SMILES string of the molecule is Cc1cccc(Cc2cccc(Cc3cccc(C)c3)c2)c1. The molecule has 0 unspecified atom stereocenters. The Morgan fingerprint density at radius 2 is 0.864 bits per heavy atom. The van der Waals surface area contributed by atoms with Crippen molar-refractivity contribution in [3.05, 3.63) is 106 Å². The fourth-order valence-electron chi connectivity index (χ4n) is 2.97. The van der Waals surface area contributed by atoms with Crippen LogP contribution in [-0.2, 0) is 12.8 Å². The van der Waals surface area contributed by atoms with Gasteiger partial charge < -0.3 is 0 Å². The van der Waals surface area contributed by atoms with Crippen molar-refractivity contribution in [2.45, 2.75) is 26.7 Å². The van der Waals surface area contributed by atoms with Gasteiger partial charge in [0.15, 0.2) is 0 Å². The second-order valence-corrected chi connectivity index (χ2v) is 6.15. The van der Waals surface area contributed by atoms with E-state index in [2.05, 4.69) is 86.6 Å². The third-order valence-electron chi connectivity index (χ3n) is 3.97. The maximum absolute atomic E-state index is 2.34. The van der Waals surface area contributed by atoms with Crippen molar-refractivity contribution < 1.29 is 0 Å². The van der Waals surface area contributed by atoms with Gasteiger partial charge in [-0.25, -0.2) is 0 Å². The van der Waals surface area contributed by atoms with Crippen LogP contribution in [0.25, 0.3) is 0 Å². The van der Waals surface area contributed by atoms with Crippen molar-refractivity contribution in [1.82, 2.24) is 0 Å². The van der Waals surface area contributed by atoms with Crippen LogP contribution >= 0.6 is 0 Å². The smallest absolute Gasteiger partial charge is 0.00256 e. The van der Waals surface area contributed by atoms with E-state index in [-0.39, 0.29) is 0 Å². The van der Waals surface area contributed by atoms with Gasteiger partial charge in [-0.15, -0.1) is 0 Å². The Morgan fingerprint density at radius 1 is 0.500 bits per heavy atom.